The summed E-state index contributed by atoms with van der Waals surface area (Å²) in [4.78, 5) is 23.4. The summed E-state index contributed by atoms with van der Waals surface area (Å²) in [5, 5.41) is 4.01. The molecule has 0 aliphatic carbocycles. The number of benzene rings is 1. The Morgan fingerprint density at radius 2 is 2.16 bits per heavy atom. The molecule has 1 atom stereocenters. The number of carbonyl (C=O) groups is 1. The van der Waals surface area contributed by atoms with Crippen molar-refractivity contribution in [1.82, 2.24) is 15.3 Å². The molecule has 1 fully saturated rings. The van der Waals surface area contributed by atoms with Crippen LogP contribution in [-0.4, -0.2) is 35.0 Å². The Hall–Kier alpha value is -2.63. The van der Waals surface area contributed by atoms with E-state index in [1.54, 1.807) is 6.33 Å². The predicted octanol–water partition coefficient (Wildman–Crippen LogP) is 3.12. The molecule has 3 heterocycles. The number of para-hydroxylation sites is 1. The molecule has 1 saturated heterocycles. The van der Waals surface area contributed by atoms with Crippen LogP contribution >= 0.6 is 0 Å². The summed E-state index contributed by atoms with van der Waals surface area (Å²) in [5.74, 6) is 0.878. The first-order valence-corrected chi connectivity index (χ1v) is 8.81. The average Bonchev–Trinajstić information content (AvgIpc) is 3.00. The third-order valence-electron chi connectivity index (χ3n) is 4.66. The van der Waals surface area contributed by atoms with Gasteiger partial charge in [-0.3, -0.25) is 4.79 Å². The molecular weight excluding hydrogens is 316 g/mol. The van der Waals surface area contributed by atoms with Gasteiger partial charge in [-0.25, -0.2) is 9.97 Å². The zero-order chi connectivity index (χ0) is 17.4. The highest BCUT2D eigenvalue weighted by Crippen LogP contribution is 2.33. The first-order chi connectivity index (χ1) is 12.1. The Labute approximate surface area is 146 Å². The Morgan fingerprint density at radius 3 is 3.00 bits per heavy atom. The molecule has 6 nitrogen and oxygen atoms in total. The minimum Gasteiger partial charge on any atom is -0.450 e. The second-order valence-corrected chi connectivity index (χ2v) is 6.92. The van der Waals surface area contributed by atoms with Crippen LogP contribution in [0.15, 0.2) is 35.0 Å². The van der Waals surface area contributed by atoms with E-state index in [0.717, 1.165) is 41.7 Å². The normalized spacial score (nSPS) is 18.2. The van der Waals surface area contributed by atoms with E-state index >= 15 is 0 Å². The van der Waals surface area contributed by atoms with Crippen LogP contribution in [-0.2, 0) is 4.79 Å². The Morgan fingerprint density at radius 1 is 1.32 bits per heavy atom. The maximum atomic E-state index is 12.4. The minimum absolute atomic E-state index is 0.0226. The third-order valence-corrected chi connectivity index (χ3v) is 4.66. The molecule has 0 saturated carbocycles. The summed E-state index contributed by atoms with van der Waals surface area (Å²) in [7, 11) is 0. The van der Waals surface area contributed by atoms with Gasteiger partial charge in [0.2, 0.25) is 5.91 Å². The molecule has 4 rings (SSSR count). The SMILES string of the molecule is CC(C)NC(=O)C1CCCN(c2ncnc3c2oc2ccccc23)C1. The number of fused-ring (bicyclic) bond motifs is 3. The van der Waals surface area contributed by atoms with Crippen LogP contribution in [0, 0.1) is 5.92 Å². The number of rotatable bonds is 3. The molecule has 1 unspecified atom stereocenters. The molecule has 1 aliphatic rings. The van der Waals surface area contributed by atoms with Crippen molar-refractivity contribution in [2.24, 2.45) is 5.92 Å². The summed E-state index contributed by atoms with van der Waals surface area (Å²) in [6.45, 7) is 5.50. The van der Waals surface area contributed by atoms with Crippen molar-refractivity contribution in [3.8, 4) is 0 Å². The van der Waals surface area contributed by atoms with Crippen molar-refractivity contribution in [3.63, 3.8) is 0 Å². The Balaban J connectivity index is 1.68. The lowest BCUT2D eigenvalue weighted by Gasteiger charge is -2.33. The van der Waals surface area contributed by atoms with Crippen LogP contribution in [0.25, 0.3) is 22.1 Å². The second-order valence-electron chi connectivity index (χ2n) is 6.92. The molecule has 2 aromatic heterocycles. The van der Waals surface area contributed by atoms with E-state index in [1.165, 1.54) is 0 Å². The lowest BCUT2D eigenvalue weighted by molar-refractivity contribution is -0.125. The van der Waals surface area contributed by atoms with Gasteiger partial charge >= 0.3 is 0 Å². The quantitative estimate of drug-likeness (QED) is 0.794. The highest BCUT2D eigenvalue weighted by Gasteiger charge is 2.28. The number of nitrogens with zero attached hydrogens (tertiary/aromatic N) is 3. The summed E-state index contributed by atoms with van der Waals surface area (Å²) in [5.41, 5.74) is 2.34. The van der Waals surface area contributed by atoms with Gasteiger partial charge in [0.15, 0.2) is 11.4 Å². The fourth-order valence-corrected chi connectivity index (χ4v) is 3.52. The molecule has 6 heteroatoms. The number of hydrogen-bond acceptors (Lipinski definition) is 5. The summed E-state index contributed by atoms with van der Waals surface area (Å²) in [6, 6.07) is 8.03. The minimum atomic E-state index is -0.0226. The second kappa shape index (κ2) is 6.35. The molecule has 1 N–H and O–H groups in total. The summed E-state index contributed by atoms with van der Waals surface area (Å²) in [6.07, 6.45) is 3.45. The molecule has 1 aromatic carbocycles. The van der Waals surface area contributed by atoms with Crippen molar-refractivity contribution >= 4 is 33.8 Å². The number of amides is 1. The maximum absolute atomic E-state index is 12.4. The lowest BCUT2D eigenvalue weighted by atomic mass is 9.97. The number of nitrogens with one attached hydrogen (secondary N) is 1. The molecular formula is C19H22N4O2. The molecule has 0 radical (unpaired) electrons. The summed E-state index contributed by atoms with van der Waals surface area (Å²) >= 11 is 0. The van der Waals surface area contributed by atoms with E-state index in [2.05, 4.69) is 20.2 Å². The van der Waals surface area contributed by atoms with E-state index in [-0.39, 0.29) is 17.9 Å². The number of hydrogen-bond donors (Lipinski definition) is 1. The van der Waals surface area contributed by atoms with Crippen molar-refractivity contribution in [3.05, 3.63) is 30.6 Å². The van der Waals surface area contributed by atoms with Crippen molar-refractivity contribution in [2.75, 3.05) is 18.0 Å². The van der Waals surface area contributed by atoms with Crippen LogP contribution in [0.5, 0.6) is 0 Å². The maximum Gasteiger partial charge on any atom is 0.225 e. The zero-order valence-corrected chi connectivity index (χ0v) is 14.5. The third kappa shape index (κ3) is 2.92. The van der Waals surface area contributed by atoms with Crippen LogP contribution in [0.3, 0.4) is 0 Å². The van der Waals surface area contributed by atoms with Crippen molar-refractivity contribution < 1.29 is 9.21 Å². The fraction of sp³-hybridized carbons (Fsp3) is 0.421. The number of anilines is 1. The molecule has 0 spiro atoms. The summed E-state index contributed by atoms with van der Waals surface area (Å²) < 4.78 is 6.03. The zero-order valence-electron chi connectivity index (χ0n) is 14.5. The molecule has 0 bridgehead atoms. The van der Waals surface area contributed by atoms with E-state index in [1.807, 2.05) is 38.1 Å². The van der Waals surface area contributed by atoms with Crippen molar-refractivity contribution in [1.29, 1.82) is 0 Å². The van der Waals surface area contributed by atoms with Gasteiger partial charge in [0, 0.05) is 24.5 Å². The molecule has 3 aromatic rings. The lowest BCUT2D eigenvalue weighted by Crippen LogP contribution is -2.45. The van der Waals surface area contributed by atoms with Crippen LogP contribution in [0.4, 0.5) is 5.82 Å². The van der Waals surface area contributed by atoms with Gasteiger partial charge in [-0.2, -0.15) is 0 Å². The van der Waals surface area contributed by atoms with Gasteiger partial charge < -0.3 is 14.6 Å². The number of furan rings is 1. The van der Waals surface area contributed by atoms with Gasteiger partial charge in [0.25, 0.3) is 0 Å². The predicted molar refractivity (Wildman–Crippen MR) is 97.5 cm³/mol. The fourth-order valence-electron chi connectivity index (χ4n) is 3.52. The standard InChI is InChI=1S/C19H22N4O2/c1-12(2)22-19(24)13-6-5-9-23(10-13)18-17-16(20-11-21-18)14-7-3-4-8-15(14)25-17/h3-4,7-8,11-13H,5-6,9-10H2,1-2H3,(H,22,24). The van der Waals surface area contributed by atoms with Gasteiger partial charge in [-0.05, 0) is 38.8 Å². The van der Waals surface area contributed by atoms with Crippen LogP contribution in [0.1, 0.15) is 26.7 Å². The van der Waals surface area contributed by atoms with E-state index in [9.17, 15) is 4.79 Å². The van der Waals surface area contributed by atoms with Crippen molar-refractivity contribution in [2.45, 2.75) is 32.7 Å². The topological polar surface area (TPSA) is 71.3 Å². The highest BCUT2D eigenvalue weighted by molar-refractivity contribution is 6.05. The molecule has 1 aliphatic heterocycles. The largest absolute Gasteiger partial charge is 0.450 e. The first kappa shape index (κ1) is 15.9. The first-order valence-electron chi connectivity index (χ1n) is 8.81. The number of aromatic nitrogens is 2. The number of carbonyl (C=O) groups excluding carboxylic acids is 1. The van der Waals surface area contributed by atoms with Gasteiger partial charge in [0.05, 0.1) is 5.92 Å². The molecule has 25 heavy (non-hydrogen) atoms. The van der Waals surface area contributed by atoms with E-state index in [4.69, 9.17) is 4.42 Å². The van der Waals surface area contributed by atoms with Gasteiger partial charge in [-0.1, -0.05) is 12.1 Å². The molecule has 1 amide bonds. The number of piperidine rings is 1. The van der Waals surface area contributed by atoms with E-state index in [0.29, 0.717) is 12.1 Å². The van der Waals surface area contributed by atoms with Gasteiger partial charge in [-0.15, -0.1) is 0 Å². The highest BCUT2D eigenvalue weighted by atomic mass is 16.3. The average molecular weight is 338 g/mol. The van der Waals surface area contributed by atoms with Gasteiger partial charge in [0.1, 0.15) is 17.4 Å². The smallest absolute Gasteiger partial charge is 0.225 e. The van der Waals surface area contributed by atoms with Crippen LogP contribution in [0.2, 0.25) is 0 Å². The Kier molecular flexibility index (Phi) is 4.03. The molecule has 130 valence electrons. The van der Waals surface area contributed by atoms with Crippen LogP contribution < -0.4 is 10.2 Å². The van der Waals surface area contributed by atoms with E-state index < -0.39 is 0 Å². The monoisotopic (exact) mass is 338 g/mol. The Bertz CT molecular complexity index is 918.